The molecule has 2 rings (SSSR count). The second-order valence-electron chi connectivity index (χ2n) is 6.28. The van der Waals surface area contributed by atoms with E-state index in [4.69, 9.17) is 5.73 Å². The zero-order chi connectivity index (χ0) is 16.8. The van der Waals surface area contributed by atoms with E-state index >= 15 is 0 Å². The van der Waals surface area contributed by atoms with Crippen molar-refractivity contribution in [2.45, 2.75) is 32.7 Å². The maximum absolute atomic E-state index is 12.3. The molecule has 2 atom stereocenters. The molecular weight excluding hydrogens is 292 g/mol. The first-order valence-electron chi connectivity index (χ1n) is 8.10. The third-order valence-electron chi connectivity index (χ3n) is 4.25. The Bertz CT molecular complexity index is 561. The number of nitrogens with zero attached hydrogens (tertiary/aromatic N) is 1. The average Bonchev–Trinajstić information content (AvgIpc) is 2.52. The van der Waals surface area contributed by atoms with Crippen LogP contribution in [0.4, 0.5) is 10.5 Å². The lowest BCUT2D eigenvalue weighted by Crippen LogP contribution is -2.52. The van der Waals surface area contributed by atoms with Crippen LogP contribution in [0.1, 0.15) is 25.3 Å². The van der Waals surface area contributed by atoms with Gasteiger partial charge in [-0.25, -0.2) is 4.79 Å². The molecule has 6 heteroatoms. The molecule has 23 heavy (non-hydrogen) atoms. The van der Waals surface area contributed by atoms with Crippen LogP contribution in [0.2, 0.25) is 0 Å². The second kappa shape index (κ2) is 7.97. The van der Waals surface area contributed by atoms with Crippen LogP contribution in [0.5, 0.6) is 0 Å². The molecule has 6 nitrogen and oxygen atoms in total. The number of urea groups is 1. The van der Waals surface area contributed by atoms with Crippen LogP contribution in [0.3, 0.4) is 0 Å². The van der Waals surface area contributed by atoms with E-state index < -0.39 is 0 Å². The minimum absolute atomic E-state index is 0.0114. The Hall–Kier alpha value is -2.08. The number of rotatable bonds is 4. The van der Waals surface area contributed by atoms with E-state index in [9.17, 15) is 9.59 Å². The number of carbonyl (C=O) groups excluding carboxylic acids is 2. The molecule has 1 saturated heterocycles. The monoisotopic (exact) mass is 318 g/mol. The number of nitrogens with one attached hydrogen (secondary N) is 2. The van der Waals surface area contributed by atoms with E-state index in [1.54, 1.807) is 4.90 Å². The van der Waals surface area contributed by atoms with Gasteiger partial charge < -0.3 is 21.3 Å². The number of amides is 3. The quantitative estimate of drug-likeness (QED) is 0.789. The second-order valence-corrected chi connectivity index (χ2v) is 6.28. The van der Waals surface area contributed by atoms with Gasteiger partial charge in [-0.2, -0.15) is 0 Å². The van der Waals surface area contributed by atoms with Crippen LogP contribution < -0.4 is 16.4 Å². The molecule has 3 amide bonds. The summed E-state index contributed by atoms with van der Waals surface area (Å²) in [7, 11) is 0. The first-order valence-corrected chi connectivity index (χ1v) is 8.10. The van der Waals surface area contributed by atoms with Crippen molar-refractivity contribution in [1.29, 1.82) is 0 Å². The van der Waals surface area contributed by atoms with Crippen LogP contribution in [0.15, 0.2) is 24.3 Å². The SMILES string of the molecule is Cc1cccc(NC(=O)NCC(=O)N2CCC(C)CC2CN)c1. The summed E-state index contributed by atoms with van der Waals surface area (Å²) in [6, 6.07) is 7.21. The summed E-state index contributed by atoms with van der Waals surface area (Å²) < 4.78 is 0. The maximum atomic E-state index is 12.3. The molecule has 0 aromatic heterocycles. The molecule has 1 aliphatic heterocycles. The summed E-state index contributed by atoms with van der Waals surface area (Å²) in [5.74, 6) is 0.511. The van der Waals surface area contributed by atoms with Crippen molar-refractivity contribution < 1.29 is 9.59 Å². The molecule has 2 unspecified atom stereocenters. The normalized spacial score (nSPS) is 20.9. The predicted molar refractivity (Wildman–Crippen MR) is 91.2 cm³/mol. The Kier molecular flexibility index (Phi) is 5.98. The Morgan fingerprint density at radius 1 is 1.39 bits per heavy atom. The maximum Gasteiger partial charge on any atom is 0.319 e. The fourth-order valence-electron chi connectivity index (χ4n) is 2.96. The molecule has 1 aromatic rings. The van der Waals surface area contributed by atoms with Crippen molar-refractivity contribution in [2.24, 2.45) is 11.7 Å². The highest BCUT2D eigenvalue weighted by Gasteiger charge is 2.28. The molecule has 1 heterocycles. The molecule has 0 radical (unpaired) electrons. The molecule has 0 spiro atoms. The van der Waals surface area contributed by atoms with E-state index in [1.165, 1.54) is 0 Å². The molecule has 0 aliphatic carbocycles. The van der Waals surface area contributed by atoms with Gasteiger partial charge in [0.2, 0.25) is 5.91 Å². The van der Waals surface area contributed by atoms with E-state index in [0.29, 0.717) is 24.7 Å². The number of carbonyl (C=O) groups is 2. The van der Waals surface area contributed by atoms with Crippen LogP contribution in [-0.4, -0.2) is 42.5 Å². The Morgan fingerprint density at radius 2 is 2.17 bits per heavy atom. The zero-order valence-electron chi connectivity index (χ0n) is 13.8. The van der Waals surface area contributed by atoms with Gasteiger partial charge in [-0.1, -0.05) is 19.1 Å². The summed E-state index contributed by atoms with van der Waals surface area (Å²) in [5.41, 5.74) is 7.54. The van der Waals surface area contributed by atoms with Crippen molar-refractivity contribution in [3.8, 4) is 0 Å². The molecule has 0 saturated carbocycles. The Balaban J connectivity index is 1.82. The van der Waals surface area contributed by atoms with E-state index in [2.05, 4.69) is 17.6 Å². The van der Waals surface area contributed by atoms with Gasteiger partial charge >= 0.3 is 6.03 Å². The number of benzene rings is 1. The first-order chi connectivity index (χ1) is 11.0. The van der Waals surface area contributed by atoms with E-state index in [1.807, 2.05) is 31.2 Å². The minimum atomic E-state index is -0.376. The fraction of sp³-hybridized carbons (Fsp3) is 0.529. The van der Waals surface area contributed by atoms with Crippen LogP contribution >= 0.6 is 0 Å². The summed E-state index contributed by atoms with van der Waals surface area (Å²) in [6.45, 7) is 5.30. The predicted octanol–water partition coefficient (Wildman–Crippen LogP) is 1.70. The highest BCUT2D eigenvalue weighted by atomic mass is 16.2. The van der Waals surface area contributed by atoms with Crippen molar-refractivity contribution in [3.05, 3.63) is 29.8 Å². The van der Waals surface area contributed by atoms with E-state index in [0.717, 1.165) is 18.4 Å². The van der Waals surface area contributed by atoms with Gasteiger partial charge in [0.25, 0.3) is 0 Å². The first kappa shape index (κ1) is 17.3. The topological polar surface area (TPSA) is 87.5 Å². The number of hydrogen-bond donors (Lipinski definition) is 3. The standard InChI is InChI=1S/C17H26N4O2/c1-12-4-3-5-14(8-12)20-17(23)19-11-16(22)21-7-6-13(2)9-15(21)10-18/h3-5,8,13,15H,6-7,9-11,18H2,1-2H3,(H2,19,20,23). The summed E-state index contributed by atoms with van der Waals surface area (Å²) in [4.78, 5) is 26.0. The van der Waals surface area contributed by atoms with Crippen LogP contribution in [0.25, 0.3) is 0 Å². The van der Waals surface area contributed by atoms with Gasteiger partial charge in [-0.05, 0) is 43.4 Å². The summed E-state index contributed by atoms with van der Waals surface area (Å²) in [6.07, 6.45) is 1.91. The van der Waals surface area contributed by atoms with E-state index in [-0.39, 0.29) is 24.5 Å². The Labute approximate surface area is 137 Å². The molecule has 1 fully saturated rings. The van der Waals surface area contributed by atoms with Crippen molar-refractivity contribution in [3.63, 3.8) is 0 Å². The summed E-state index contributed by atoms with van der Waals surface area (Å²) >= 11 is 0. The molecule has 4 N–H and O–H groups in total. The number of hydrogen-bond acceptors (Lipinski definition) is 3. The minimum Gasteiger partial charge on any atom is -0.337 e. The van der Waals surface area contributed by atoms with Crippen molar-refractivity contribution in [1.82, 2.24) is 10.2 Å². The van der Waals surface area contributed by atoms with Crippen LogP contribution in [0, 0.1) is 12.8 Å². The smallest absolute Gasteiger partial charge is 0.319 e. The number of aryl methyl sites for hydroxylation is 1. The lowest BCUT2D eigenvalue weighted by atomic mass is 9.92. The number of nitrogens with two attached hydrogens (primary N) is 1. The fourth-order valence-corrected chi connectivity index (χ4v) is 2.96. The Morgan fingerprint density at radius 3 is 2.87 bits per heavy atom. The molecule has 1 aliphatic rings. The number of anilines is 1. The van der Waals surface area contributed by atoms with Gasteiger partial charge in [-0.3, -0.25) is 4.79 Å². The summed E-state index contributed by atoms with van der Waals surface area (Å²) in [5, 5.41) is 5.35. The lowest BCUT2D eigenvalue weighted by molar-refractivity contribution is -0.134. The largest absolute Gasteiger partial charge is 0.337 e. The van der Waals surface area contributed by atoms with Gasteiger partial charge in [-0.15, -0.1) is 0 Å². The number of piperidine rings is 1. The lowest BCUT2D eigenvalue weighted by Gasteiger charge is -2.38. The molecular formula is C17H26N4O2. The van der Waals surface area contributed by atoms with Gasteiger partial charge in [0, 0.05) is 24.8 Å². The molecule has 0 bridgehead atoms. The van der Waals surface area contributed by atoms with Crippen molar-refractivity contribution >= 4 is 17.6 Å². The molecule has 126 valence electrons. The zero-order valence-corrected chi connectivity index (χ0v) is 13.8. The number of likely N-dealkylation sites (tertiary alicyclic amines) is 1. The van der Waals surface area contributed by atoms with Crippen LogP contribution in [-0.2, 0) is 4.79 Å². The van der Waals surface area contributed by atoms with Crippen molar-refractivity contribution in [2.75, 3.05) is 25.0 Å². The average molecular weight is 318 g/mol. The highest BCUT2D eigenvalue weighted by Crippen LogP contribution is 2.21. The van der Waals surface area contributed by atoms with Gasteiger partial charge in [0.15, 0.2) is 0 Å². The third kappa shape index (κ3) is 4.96. The third-order valence-corrected chi connectivity index (χ3v) is 4.25. The molecule has 1 aromatic carbocycles. The highest BCUT2D eigenvalue weighted by molar-refractivity contribution is 5.92. The van der Waals surface area contributed by atoms with Gasteiger partial charge in [0.05, 0.1) is 6.54 Å². The van der Waals surface area contributed by atoms with Gasteiger partial charge in [0.1, 0.15) is 0 Å².